The summed E-state index contributed by atoms with van der Waals surface area (Å²) in [5.74, 6) is 0. The second kappa shape index (κ2) is 4.14. The lowest BCUT2D eigenvalue weighted by molar-refractivity contribution is -0.386. The van der Waals surface area contributed by atoms with Crippen LogP contribution in [0.2, 0.25) is 0 Å². The van der Waals surface area contributed by atoms with E-state index in [4.69, 9.17) is 0 Å². The maximum Gasteiger partial charge on any atom is 0.302 e. The minimum Gasteiger partial charge on any atom is -0.258 e. The fraction of sp³-hybridized carbons (Fsp3) is 0.167. The molecule has 15 heavy (non-hydrogen) atoms. The molecule has 0 aliphatic heterocycles. The van der Waals surface area contributed by atoms with Gasteiger partial charge in [0.2, 0.25) is 0 Å². The smallest absolute Gasteiger partial charge is 0.258 e. The maximum absolute atomic E-state index is 11.2. The van der Waals surface area contributed by atoms with Crippen molar-refractivity contribution in [3.8, 4) is 0 Å². The number of aromatic nitrogens is 1. The predicted octanol–water partition coefficient (Wildman–Crippen LogP) is 1.92. The van der Waals surface area contributed by atoms with Crippen molar-refractivity contribution in [2.24, 2.45) is 0 Å². The maximum atomic E-state index is 11.2. The zero-order valence-corrected chi connectivity index (χ0v) is 11.3. The van der Waals surface area contributed by atoms with E-state index < -0.39 is 14.8 Å². The highest BCUT2D eigenvalue weighted by atomic mass is 79.9. The van der Waals surface area contributed by atoms with Crippen LogP contribution in [0, 0.1) is 10.1 Å². The molecule has 0 amide bonds. The van der Waals surface area contributed by atoms with E-state index in [2.05, 4.69) is 36.8 Å². The topological polar surface area (TPSA) is 90.2 Å². The van der Waals surface area contributed by atoms with E-state index in [0.29, 0.717) is 0 Å². The molecule has 0 atom stereocenters. The first-order valence-electron chi connectivity index (χ1n) is 3.43. The highest BCUT2D eigenvalue weighted by Crippen LogP contribution is 2.35. The average molecular weight is 360 g/mol. The van der Waals surface area contributed by atoms with Gasteiger partial charge in [-0.3, -0.25) is 10.1 Å². The lowest BCUT2D eigenvalue weighted by Crippen LogP contribution is -2.04. The van der Waals surface area contributed by atoms with E-state index >= 15 is 0 Å². The van der Waals surface area contributed by atoms with Crippen LogP contribution < -0.4 is 0 Å². The van der Waals surface area contributed by atoms with Crippen LogP contribution in [-0.4, -0.2) is 24.6 Å². The van der Waals surface area contributed by atoms with Crippen molar-refractivity contribution in [3.63, 3.8) is 0 Å². The molecule has 0 spiro atoms. The summed E-state index contributed by atoms with van der Waals surface area (Å²) in [5.41, 5.74) is -0.356. The van der Waals surface area contributed by atoms with Crippen molar-refractivity contribution in [3.05, 3.63) is 25.3 Å². The molecule has 0 fully saturated rings. The van der Waals surface area contributed by atoms with Gasteiger partial charge in [0.05, 0.1) is 4.92 Å². The Morgan fingerprint density at radius 3 is 2.40 bits per heavy atom. The fourth-order valence-electron chi connectivity index (χ4n) is 0.865. The molecule has 0 saturated carbocycles. The summed E-state index contributed by atoms with van der Waals surface area (Å²) in [7, 11) is -3.59. The molecule has 1 heterocycles. The summed E-state index contributed by atoms with van der Waals surface area (Å²) >= 11 is 5.77. The largest absolute Gasteiger partial charge is 0.302 e. The van der Waals surface area contributed by atoms with Gasteiger partial charge in [-0.15, -0.1) is 0 Å². The minimum atomic E-state index is -3.59. The number of nitrogens with zero attached hydrogens (tertiary/aromatic N) is 2. The van der Waals surface area contributed by atoms with Crippen molar-refractivity contribution in [2.45, 2.75) is 5.03 Å². The molecule has 1 aromatic heterocycles. The van der Waals surface area contributed by atoms with Crippen LogP contribution in [0.3, 0.4) is 0 Å². The van der Waals surface area contributed by atoms with Gasteiger partial charge in [0.15, 0.2) is 14.9 Å². The van der Waals surface area contributed by atoms with Gasteiger partial charge >= 0.3 is 5.69 Å². The van der Waals surface area contributed by atoms with Crippen LogP contribution in [0.1, 0.15) is 0 Å². The molecule has 0 aliphatic carbocycles. The second-order valence-electron chi connectivity index (χ2n) is 2.60. The van der Waals surface area contributed by atoms with E-state index in [9.17, 15) is 18.5 Å². The SMILES string of the molecule is CS(=O)(=O)c1ncc(Br)c([N+](=O)[O-])c1Br. The number of pyridine rings is 1. The van der Waals surface area contributed by atoms with E-state index in [-0.39, 0.29) is 19.7 Å². The molecule has 0 radical (unpaired) electrons. The van der Waals surface area contributed by atoms with Crippen molar-refractivity contribution in [1.82, 2.24) is 4.98 Å². The molecule has 0 N–H and O–H groups in total. The Morgan fingerprint density at radius 2 is 2.00 bits per heavy atom. The number of sulfone groups is 1. The van der Waals surface area contributed by atoms with E-state index in [1.807, 2.05) is 0 Å². The lowest BCUT2D eigenvalue weighted by Gasteiger charge is -2.02. The number of halogens is 2. The first kappa shape index (κ1) is 12.5. The van der Waals surface area contributed by atoms with Crippen LogP contribution in [0.5, 0.6) is 0 Å². The highest BCUT2D eigenvalue weighted by Gasteiger charge is 2.25. The first-order valence-corrected chi connectivity index (χ1v) is 6.91. The van der Waals surface area contributed by atoms with Gasteiger partial charge in [0, 0.05) is 12.5 Å². The van der Waals surface area contributed by atoms with Gasteiger partial charge < -0.3 is 0 Å². The van der Waals surface area contributed by atoms with Crippen LogP contribution in [0.15, 0.2) is 20.2 Å². The molecule has 1 rings (SSSR count). The third kappa shape index (κ3) is 2.52. The summed E-state index contributed by atoms with van der Waals surface area (Å²) < 4.78 is 22.4. The Hall–Kier alpha value is -0.540. The summed E-state index contributed by atoms with van der Waals surface area (Å²) in [6, 6.07) is 0. The summed E-state index contributed by atoms with van der Waals surface area (Å²) in [6.07, 6.45) is 2.01. The number of rotatable bonds is 2. The molecular weight excluding hydrogens is 356 g/mol. The van der Waals surface area contributed by atoms with E-state index in [0.717, 1.165) is 12.5 Å². The van der Waals surface area contributed by atoms with Crippen molar-refractivity contribution in [2.75, 3.05) is 6.26 Å². The van der Waals surface area contributed by atoms with Gasteiger partial charge in [-0.05, 0) is 31.9 Å². The molecule has 0 aliphatic rings. The molecule has 0 unspecified atom stereocenters. The van der Waals surface area contributed by atoms with Gasteiger partial charge in [0.25, 0.3) is 0 Å². The number of hydrogen-bond acceptors (Lipinski definition) is 5. The van der Waals surface area contributed by atoms with Crippen LogP contribution in [-0.2, 0) is 9.84 Å². The Balaban J connectivity index is 3.64. The molecule has 1 aromatic rings. The van der Waals surface area contributed by atoms with Gasteiger partial charge in [-0.1, -0.05) is 0 Å². The third-order valence-electron chi connectivity index (χ3n) is 1.45. The number of nitro groups is 1. The van der Waals surface area contributed by atoms with Crippen molar-refractivity contribution < 1.29 is 13.3 Å². The van der Waals surface area contributed by atoms with Crippen LogP contribution in [0.25, 0.3) is 0 Å². The second-order valence-corrected chi connectivity index (χ2v) is 6.18. The normalized spacial score (nSPS) is 11.4. The Bertz CT molecular complexity index is 528. The highest BCUT2D eigenvalue weighted by molar-refractivity contribution is 9.11. The summed E-state index contributed by atoms with van der Waals surface area (Å²) in [6.45, 7) is 0. The monoisotopic (exact) mass is 358 g/mol. The Labute approximate surface area is 102 Å². The molecule has 6 nitrogen and oxygen atoms in total. The standard InChI is InChI=1S/C6H4Br2N2O4S/c1-15(13,14)6-4(8)5(10(11)12)3(7)2-9-6/h2H,1H3. The van der Waals surface area contributed by atoms with Crippen LogP contribution >= 0.6 is 31.9 Å². The zero-order valence-electron chi connectivity index (χ0n) is 7.27. The van der Waals surface area contributed by atoms with Crippen LogP contribution in [0.4, 0.5) is 5.69 Å². The summed E-state index contributed by atoms with van der Waals surface area (Å²) in [4.78, 5) is 13.6. The molecule has 9 heteroatoms. The van der Waals surface area contributed by atoms with Crippen molar-refractivity contribution >= 4 is 47.4 Å². The molecule has 0 bridgehead atoms. The quantitative estimate of drug-likeness (QED) is 0.594. The predicted molar refractivity (Wildman–Crippen MR) is 59.4 cm³/mol. The molecule has 0 saturated heterocycles. The zero-order chi connectivity index (χ0) is 11.8. The molecular formula is C6H4Br2N2O4S. The van der Waals surface area contributed by atoms with Gasteiger partial charge in [-0.2, -0.15) is 0 Å². The molecule has 0 aromatic carbocycles. The average Bonchev–Trinajstić information content (AvgIpc) is 2.00. The molecule has 82 valence electrons. The van der Waals surface area contributed by atoms with Gasteiger partial charge in [-0.25, -0.2) is 13.4 Å². The summed E-state index contributed by atoms with van der Waals surface area (Å²) in [5, 5.41) is 10.3. The minimum absolute atomic E-state index is 0.117. The van der Waals surface area contributed by atoms with Gasteiger partial charge in [0.1, 0.15) is 8.95 Å². The first-order chi connectivity index (χ1) is 6.75. The third-order valence-corrected chi connectivity index (χ3v) is 4.06. The van der Waals surface area contributed by atoms with E-state index in [1.165, 1.54) is 0 Å². The lowest BCUT2D eigenvalue weighted by atomic mass is 10.4. The van der Waals surface area contributed by atoms with E-state index in [1.54, 1.807) is 0 Å². The Kier molecular flexibility index (Phi) is 3.46. The van der Waals surface area contributed by atoms with Crippen molar-refractivity contribution in [1.29, 1.82) is 0 Å². The number of hydrogen-bond donors (Lipinski definition) is 0. The fourth-order valence-corrected chi connectivity index (χ4v) is 3.59. The Morgan fingerprint density at radius 1 is 1.47 bits per heavy atom.